The number of amides is 1. The van der Waals surface area contributed by atoms with Gasteiger partial charge in [0.1, 0.15) is 11.4 Å². The molecule has 0 aliphatic rings. The first-order valence-electron chi connectivity index (χ1n) is 7.69. The molecule has 122 valence electrons. The zero-order chi connectivity index (χ0) is 16.9. The quantitative estimate of drug-likeness (QED) is 0.674. The lowest BCUT2D eigenvalue weighted by atomic mass is 10.1. The highest BCUT2D eigenvalue weighted by molar-refractivity contribution is 9.10. The molecule has 1 N–H and O–H groups in total. The van der Waals surface area contributed by atoms with Crippen LogP contribution in [-0.2, 0) is 11.2 Å². The van der Waals surface area contributed by atoms with Crippen LogP contribution in [0.1, 0.15) is 17.7 Å². The van der Waals surface area contributed by atoms with Crippen molar-refractivity contribution in [2.24, 2.45) is 0 Å². The molecule has 0 bridgehead atoms. The van der Waals surface area contributed by atoms with E-state index in [0.717, 1.165) is 15.6 Å². The summed E-state index contributed by atoms with van der Waals surface area (Å²) in [6.07, 6.45) is 1.11. The first-order valence-corrected chi connectivity index (χ1v) is 8.49. The zero-order valence-corrected chi connectivity index (χ0v) is 14.8. The molecule has 1 amide bonds. The molecule has 0 aliphatic carbocycles. The average Bonchev–Trinajstić information content (AvgIpc) is 2.95. The third-order valence-corrected chi connectivity index (χ3v) is 4.25. The second-order valence-electron chi connectivity index (χ2n) is 5.51. The Bertz CT molecular complexity index is 826. The highest BCUT2D eigenvalue weighted by atomic mass is 79.9. The molecule has 0 saturated heterocycles. The smallest absolute Gasteiger partial charge is 0.224 e. The molecule has 24 heavy (non-hydrogen) atoms. The molecule has 3 rings (SSSR count). The minimum absolute atomic E-state index is 0.0523. The number of aryl methyl sites for hydroxylation is 2. The summed E-state index contributed by atoms with van der Waals surface area (Å²) in [5.74, 6) is 0.525. The van der Waals surface area contributed by atoms with Gasteiger partial charge in [0.2, 0.25) is 5.91 Å². The summed E-state index contributed by atoms with van der Waals surface area (Å²) in [6, 6.07) is 17.6. The van der Waals surface area contributed by atoms with Crippen molar-refractivity contribution < 1.29 is 9.32 Å². The number of benzene rings is 2. The summed E-state index contributed by atoms with van der Waals surface area (Å²) in [5, 5.41) is 6.92. The minimum atomic E-state index is -0.0523. The van der Waals surface area contributed by atoms with E-state index in [4.69, 9.17) is 4.52 Å². The van der Waals surface area contributed by atoms with Crippen molar-refractivity contribution in [3.8, 4) is 11.3 Å². The SMILES string of the molecule is Cc1noc(-c2ccc(Br)cc2)c1NC(=O)CCc1ccccc1. The van der Waals surface area contributed by atoms with Crippen LogP contribution < -0.4 is 5.32 Å². The van der Waals surface area contributed by atoms with Crippen molar-refractivity contribution in [3.05, 3.63) is 70.3 Å². The van der Waals surface area contributed by atoms with Gasteiger partial charge in [0.15, 0.2) is 5.76 Å². The fourth-order valence-electron chi connectivity index (χ4n) is 2.42. The van der Waals surface area contributed by atoms with E-state index in [1.165, 1.54) is 0 Å². The van der Waals surface area contributed by atoms with Crippen molar-refractivity contribution in [2.75, 3.05) is 5.32 Å². The third-order valence-electron chi connectivity index (χ3n) is 3.72. The Balaban J connectivity index is 1.72. The predicted molar refractivity (Wildman–Crippen MR) is 97.8 cm³/mol. The largest absolute Gasteiger partial charge is 0.354 e. The van der Waals surface area contributed by atoms with E-state index < -0.39 is 0 Å². The van der Waals surface area contributed by atoms with Crippen molar-refractivity contribution >= 4 is 27.5 Å². The molecule has 0 atom stereocenters. The van der Waals surface area contributed by atoms with Crippen molar-refractivity contribution in [1.29, 1.82) is 0 Å². The molecular weight excluding hydrogens is 368 g/mol. The summed E-state index contributed by atoms with van der Waals surface area (Å²) in [7, 11) is 0. The lowest BCUT2D eigenvalue weighted by Gasteiger charge is -2.06. The maximum Gasteiger partial charge on any atom is 0.224 e. The van der Waals surface area contributed by atoms with E-state index in [2.05, 4.69) is 26.4 Å². The number of carbonyl (C=O) groups excluding carboxylic acids is 1. The molecule has 0 unspecified atom stereocenters. The number of anilines is 1. The molecule has 5 heteroatoms. The van der Waals surface area contributed by atoms with Crippen LogP contribution in [0.5, 0.6) is 0 Å². The fourth-order valence-corrected chi connectivity index (χ4v) is 2.68. The summed E-state index contributed by atoms with van der Waals surface area (Å²) < 4.78 is 6.39. The van der Waals surface area contributed by atoms with Gasteiger partial charge in [0.05, 0.1) is 0 Å². The van der Waals surface area contributed by atoms with Gasteiger partial charge in [0, 0.05) is 16.5 Å². The second kappa shape index (κ2) is 7.45. The Morgan fingerprint density at radius 1 is 1.12 bits per heavy atom. The van der Waals surface area contributed by atoms with Crippen LogP contribution in [0.15, 0.2) is 63.6 Å². The summed E-state index contributed by atoms with van der Waals surface area (Å²) in [6.45, 7) is 1.82. The molecule has 0 aliphatic heterocycles. The Labute approximate surface area is 149 Å². The molecule has 0 saturated carbocycles. The molecule has 1 aromatic heterocycles. The lowest BCUT2D eigenvalue weighted by Crippen LogP contribution is -2.13. The topological polar surface area (TPSA) is 55.1 Å². The van der Waals surface area contributed by atoms with Crippen LogP contribution in [0.3, 0.4) is 0 Å². The van der Waals surface area contributed by atoms with E-state index in [9.17, 15) is 4.79 Å². The van der Waals surface area contributed by atoms with Gasteiger partial charge in [-0.1, -0.05) is 51.4 Å². The van der Waals surface area contributed by atoms with Gasteiger partial charge in [0.25, 0.3) is 0 Å². The standard InChI is InChI=1S/C19H17BrN2O2/c1-13-18(19(24-22-13)15-8-10-16(20)11-9-15)21-17(23)12-7-14-5-3-2-4-6-14/h2-6,8-11H,7,12H2,1H3,(H,21,23). The van der Waals surface area contributed by atoms with Gasteiger partial charge >= 0.3 is 0 Å². The summed E-state index contributed by atoms with van der Waals surface area (Å²) in [5.41, 5.74) is 3.32. The van der Waals surface area contributed by atoms with Crippen LogP contribution in [0.4, 0.5) is 5.69 Å². The first-order chi connectivity index (χ1) is 11.6. The lowest BCUT2D eigenvalue weighted by molar-refractivity contribution is -0.116. The van der Waals surface area contributed by atoms with Crippen LogP contribution in [0.25, 0.3) is 11.3 Å². The molecule has 0 radical (unpaired) electrons. The Morgan fingerprint density at radius 2 is 1.83 bits per heavy atom. The molecular formula is C19H17BrN2O2. The maximum absolute atomic E-state index is 12.3. The van der Waals surface area contributed by atoms with Gasteiger partial charge in [-0.2, -0.15) is 0 Å². The monoisotopic (exact) mass is 384 g/mol. The van der Waals surface area contributed by atoms with E-state index in [1.54, 1.807) is 0 Å². The molecule has 0 fully saturated rings. The number of nitrogens with one attached hydrogen (secondary N) is 1. The van der Waals surface area contributed by atoms with Crippen LogP contribution in [-0.4, -0.2) is 11.1 Å². The van der Waals surface area contributed by atoms with Crippen LogP contribution >= 0.6 is 15.9 Å². The van der Waals surface area contributed by atoms with Gasteiger partial charge in [-0.25, -0.2) is 0 Å². The molecule has 1 heterocycles. The van der Waals surface area contributed by atoms with Crippen molar-refractivity contribution in [2.45, 2.75) is 19.8 Å². The van der Waals surface area contributed by atoms with E-state index >= 15 is 0 Å². The number of rotatable bonds is 5. The predicted octanol–water partition coefficient (Wildman–Crippen LogP) is 4.98. The van der Waals surface area contributed by atoms with E-state index in [0.29, 0.717) is 30.0 Å². The second-order valence-corrected chi connectivity index (χ2v) is 6.43. The van der Waals surface area contributed by atoms with Gasteiger partial charge in [-0.3, -0.25) is 4.79 Å². The third kappa shape index (κ3) is 3.92. The van der Waals surface area contributed by atoms with Gasteiger partial charge in [-0.05, 0) is 43.2 Å². The van der Waals surface area contributed by atoms with Crippen LogP contribution in [0, 0.1) is 6.92 Å². The van der Waals surface area contributed by atoms with E-state index in [1.807, 2.05) is 61.5 Å². The number of halogens is 1. The number of nitrogens with zero attached hydrogens (tertiary/aromatic N) is 1. The van der Waals surface area contributed by atoms with Crippen molar-refractivity contribution in [1.82, 2.24) is 5.16 Å². The highest BCUT2D eigenvalue weighted by Gasteiger charge is 2.17. The average molecular weight is 385 g/mol. The highest BCUT2D eigenvalue weighted by Crippen LogP contribution is 2.31. The van der Waals surface area contributed by atoms with Gasteiger partial charge < -0.3 is 9.84 Å². The first kappa shape index (κ1) is 16.5. The van der Waals surface area contributed by atoms with Gasteiger partial charge in [-0.15, -0.1) is 0 Å². The maximum atomic E-state index is 12.3. The Hall–Kier alpha value is -2.40. The minimum Gasteiger partial charge on any atom is -0.354 e. The summed E-state index contributed by atoms with van der Waals surface area (Å²) in [4.78, 5) is 12.3. The Kier molecular flexibility index (Phi) is 5.11. The normalized spacial score (nSPS) is 10.6. The molecule has 3 aromatic rings. The van der Waals surface area contributed by atoms with Crippen molar-refractivity contribution in [3.63, 3.8) is 0 Å². The number of aromatic nitrogens is 1. The summed E-state index contributed by atoms with van der Waals surface area (Å²) >= 11 is 3.41. The number of hydrogen-bond donors (Lipinski definition) is 1. The molecule has 2 aromatic carbocycles. The zero-order valence-electron chi connectivity index (χ0n) is 13.3. The molecule has 0 spiro atoms. The van der Waals surface area contributed by atoms with E-state index in [-0.39, 0.29) is 5.91 Å². The number of carbonyl (C=O) groups is 1. The Morgan fingerprint density at radius 3 is 2.54 bits per heavy atom. The molecule has 4 nitrogen and oxygen atoms in total. The van der Waals surface area contributed by atoms with Crippen LogP contribution in [0.2, 0.25) is 0 Å². The fraction of sp³-hybridized carbons (Fsp3) is 0.158. The number of hydrogen-bond acceptors (Lipinski definition) is 3.